The fourth-order valence-corrected chi connectivity index (χ4v) is 3.98. The zero-order valence-electron chi connectivity index (χ0n) is 13.1. The number of hydrogen-bond acceptors (Lipinski definition) is 2. The largest absolute Gasteiger partial charge is 0.318 e. The topological polar surface area (TPSA) is 37.4 Å². The number of rotatable bonds is 3. The summed E-state index contributed by atoms with van der Waals surface area (Å²) < 4.78 is 28.3. The Morgan fingerprint density at radius 1 is 1.32 bits per heavy atom. The Morgan fingerprint density at radius 2 is 2.04 bits per heavy atom. The number of aldehydes is 1. The van der Waals surface area contributed by atoms with Crippen LogP contribution in [0, 0.1) is 17.7 Å². The van der Waals surface area contributed by atoms with E-state index in [2.05, 4.69) is 15.9 Å². The second-order valence-corrected chi connectivity index (χ2v) is 7.05. The Labute approximate surface area is 156 Å². The van der Waals surface area contributed by atoms with Gasteiger partial charge in [-0.25, -0.2) is 8.78 Å². The third kappa shape index (κ3) is 2.98. The van der Waals surface area contributed by atoms with Crippen LogP contribution >= 0.6 is 27.5 Å². The van der Waals surface area contributed by atoms with Crippen LogP contribution in [0.5, 0.6) is 0 Å². The molecule has 1 amide bonds. The molecule has 1 heterocycles. The zero-order valence-corrected chi connectivity index (χ0v) is 15.4. The molecule has 3 rings (SSSR count). The highest BCUT2D eigenvalue weighted by atomic mass is 79.9. The first-order chi connectivity index (χ1) is 11.9. The predicted octanol–water partition coefficient (Wildman–Crippen LogP) is 4.67. The Morgan fingerprint density at radius 3 is 2.72 bits per heavy atom. The van der Waals surface area contributed by atoms with Crippen molar-refractivity contribution in [2.45, 2.75) is 6.42 Å². The molecule has 0 N–H and O–H groups in total. The van der Waals surface area contributed by atoms with Gasteiger partial charge >= 0.3 is 0 Å². The van der Waals surface area contributed by atoms with Gasteiger partial charge in [0, 0.05) is 30.6 Å². The SMILES string of the molecule is CN1C(=O)C2C=CC(F)=CC2C(c2ccc(Br)c(F)c2Cl)=C1CC=O. The van der Waals surface area contributed by atoms with Crippen LogP contribution in [0.1, 0.15) is 12.0 Å². The standard InChI is InChI=1S/C18H13BrClF2NO2/c1-23-14(6-7-24)15(11-4-5-13(19)17(22)16(11)20)12-8-9(21)2-3-10(12)18(23)25/h2-5,7-8,10,12H,6H2,1H3. The highest BCUT2D eigenvalue weighted by Crippen LogP contribution is 2.46. The summed E-state index contributed by atoms with van der Waals surface area (Å²) in [6.07, 6.45) is 4.62. The van der Waals surface area contributed by atoms with Crippen molar-refractivity contribution in [3.63, 3.8) is 0 Å². The predicted molar refractivity (Wildman–Crippen MR) is 94.8 cm³/mol. The van der Waals surface area contributed by atoms with E-state index in [1.807, 2.05) is 0 Å². The van der Waals surface area contributed by atoms with Gasteiger partial charge < -0.3 is 9.69 Å². The fraction of sp³-hybridized carbons (Fsp3) is 0.222. The van der Waals surface area contributed by atoms with Gasteiger partial charge in [0.15, 0.2) is 5.82 Å². The third-order valence-corrected chi connectivity index (χ3v) is 5.44. The molecule has 25 heavy (non-hydrogen) atoms. The smallest absolute Gasteiger partial charge is 0.234 e. The highest BCUT2D eigenvalue weighted by molar-refractivity contribution is 9.10. The first kappa shape index (κ1) is 18.0. The van der Waals surface area contributed by atoms with E-state index in [0.29, 0.717) is 23.1 Å². The summed E-state index contributed by atoms with van der Waals surface area (Å²) in [6, 6.07) is 3.09. The molecule has 0 bridgehead atoms. The minimum atomic E-state index is -0.651. The summed E-state index contributed by atoms with van der Waals surface area (Å²) in [6.45, 7) is 0. The molecule has 2 unspecified atom stereocenters. The first-order valence-corrected chi connectivity index (χ1v) is 8.67. The van der Waals surface area contributed by atoms with Gasteiger partial charge in [0.25, 0.3) is 0 Å². The molecule has 0 spiro atoms. The fourth-order valence-electron chi connectivity index (χ4n) is 3.27. The molecule has 2 aliphatic rings. The summed E-state index contributed by atoms with van der Waals surface area (Å²) >= 11 is 9.26. The van der Waals surface area contributed by atoms with Crippen molar-refractivity contribution in [2.75, 3.05) is 7.05 Å². The molecule has 1 aliphatic heterocycles. The molecule has 2 atom stereocenters. The van der Waals surface area contributed by atoms with Crippen molar-refractivity contribution in [3.05, 3.63) is 62.8 Å². The average Bonchev–Trinajstić information content (AvgIpc) is 2.59. The molecule has 1 aromatic rings. The van der Waals surface area contributed by atoms with Crippen molar-refractivity contribution in [2.24, 2.45) is 11.8 Å². The maximum absolute atomic E-state index is 14.3. The van der Waals surface area contributed by atoms with Crippen LogP contribution in [0.3, 0.4) is 0 Å². The van der Waals surface area contributed by atoms with Crippen molar-refractivity contribution < 1.29 is 18.4 Å². The lowest BCUT2D eigenvalue weighted by Gasteiger charge is -2.38. The first-order valence-electron chi connectivity index (χ1n) is 7.50. The van der Waals surface area contributed by atoms with Gasteiger partial charge in [0.2, 0.25) is 5.91 Å². The minimum Gasteiger partial charge on any atom is -0.318 e. The number of halogens is 4. The molecule has 130 valence electrons. The maximum atomic E-state index is 14.3. The Balaban J connectivity index is 2.30. The second kappa shape index (κ2) is 6.84. The van der Waals surface area contributed by atoms with Crippen LogP contribution in [0.25, 0.3) is 5.57 Å². The van der Waals surface area contributed by atoms with E-state index in [1.54, 1.807) is 13.1 Å². The summed E-state index contributed by atoms with van der Waals surface area (Å²) in [4.78, 5) is 25.1. The van der Waals surface area contributed by atoms with E-state index in [0.717, 1.165) is 0 Å². The lowest BCUT2D eigenvalue weighted by atomic mass is 9.75. The van der Waals surface area contributed by atoms with Crippen LogP contribution < -0.4 is 0 Å². The van der Waals surface area contributed by atoms with Gasteiger partial charge in [-0.2, -0.15) is 0 Å². The van der Waals surface area contributed by atoms with Crippen molar-refractivity contribution in [3.8, 4) is 0 Å². The van der Waals surface area contributed by atoms with Crippen LogP contribution in [-0.4, -0.2) is 24.1 Å². The molecule has 0 saturated carbocycles. The van der Waals surface area contributed by atoms with Gasteiger partial charge in [-0.15, -0.1) is 0 Å². The number of nitrogens with zero attached hydrogens (tertiary/aromatic N) is 1. The number of carbonyl (C=O) groups is 2. The van der Waals surface area contributed by atoms with Gasteiger partial charge in [-0.05, 0) is 39.7 Å². The number of fused-ring (bicyclic) bond motifs is 1. The van der Waals surface area contributed by atoms with Crippen molar-refractivity contribution >= 4 is 45.3 Å². The van der Waals surface area contributed by atoms with Gasteiger partial charge in [-0.3, -0.25) is 4.79 Å². The molecule has 3 nitrogen and oxygen atoms in total. The molecule has 1 aromatic carbocycles. The van der Waals surface area contributed by atoms with Crippen LogP contribution in [0.2, 0.25) is 5.02 Å². The highest BCUT2D eigenvalue weighted by Gasteiger charge is 2.40. The Bertz CT molecular complexity index is 863. The van der Waals surface area contributed by atoms with Crippen LogP contribution in [0.4, 0.5) is 8.78 Å². The third-order valence-electron chi connectivity index (χ3n) is 4.46. The number of carbonyl (C=O) groups excluding carboxylic acids is 2. The number of hydrogen-bond donors (Lipinski definition) is 0. The van der Waals surface area contributed by atoms with E-state index in [1.165, 1.54) is 29.2 Å². The van der Waals surface area contributed by atoms with Gasteiger partial charge in [0.05, 0.1) is 15.4 Å². The minimum absolute atomic E-state index is 0.0615. The van der Waals surface area contributed by atoms with Gasteiger partial charge in [-0.1, -0.05) is 23.7 Å². The lowest BCUT2D eigenvalue weighted by Crippen LogP contribution is -2.41. The van der Waals surface area contributed by atoms with E-state index < -0.39 is 23.5 Å². The number of amides is 1. The van der Waals surface area contributed by atoms with Crippen molar-refractivity contribution in [1.29, 1.82) is 0 Å². The van der Waals surface area contributed by atoms with E-state index >= 15 is 0 Å². The quantitative estimate of drug-likeness (QED) is 0.518. The van der Waals surface area contributed by atoms with Crippen LogP contribution in [0.15, 0.2) is 46.4 Å². The molecule has 0 saturated heterocycles. The second-order valence-electron chi connectivity index (χ2n) is 5.81. The Hall–Kier alpha value is -1.79. The maximum Gasteiger partial charge on any atom is 0.234 e. The normalized spacial score (nSPS) is 22.8. The average molecular weight is 429 g/mol. The number of allylic oxidation sites excluding steroid dienone is 5. The molecule has 0 fully saturated rings. The molecule has 0 radical (unpaired) electrons. The van der Waals surface area contributed by atoms with E-state index in [-0.39, 0.29) is 21.8 Å². The van der Waals surface area contributed by atoms with Gasteiger partial charge in [0.1, 0.15) is 12.1 Å². The summed E-state index contributed by atoms with van der Waals surface area (Å²) in [5, 5.41) is -0.141. The lowest BCUT2D eigenvalue weighted by molar-refractivity contribution is -0.132. The molecule has 0 aromatic heterocycles. The van der Waals surface area contributed by atoms with Crippen molar-refractivity contribution in [1.82, 2.24) is 4.90 Å². The molecule has 1 aliphatic carbocycles. The molecule has 7 heteroatoms. The monoisotopic (exact) mass is 427 g/mol. The summed E-state index contributed by atoms with van der Waals surface area (Å²) in [7, 11) is 1.54. The number of benzene rings is 1. The summed E-state index contributed by atoms with van der Waals surface area (Å²) in [5.74, 6) is -2.67. The van der Waals surface area contributed by atoms with E-state index in [4.69, 9.17) is 11.6 Å². The molecular weight excluding hydrogens is 416 g/mol. The van der Waals surface area contributed by atoms with E-state index in [9.17, 15) is 18.4 Å². The Kier molecular flexibility index (Phi) is 4.93. The molecular formula is C18H13BrClF2NO2. The summed E-state index contributed by atoms with van der Waals surface area (Å²) in [5.41, 5.74) is 1.22. The van der Waals surface area contributed by atoms with Crippen LogP contribution in [-0.2, 0) is 9.59 Å². The zero-order chi connectivity index (χ0) is 18.3.